The molecule has 1 N–H and O–H groups in total. The monoisotopic (exact) mass is 696 g/mol. The number of halogens is 5. The summed E-state index contributed by atoms with van der Waals surface area (Å²) in [6, 6.07) is 13.7. The van der Waals surface area contributed by atoms with Crippen molar-refractivity contribution in [1.82, 2.24) is 0 Å². The second-order valence-corrected chi connectivity index (χ2v) is 12.5. The Morgan fingerprint density at radius 2 is 0.976 bits per heavy atom. The van der Waals surface area contributed by atoms with E-state index in [1.807, 2.05) is 67.5 Å². The zero-order valence-electron chi connectivity index (χ0n) is 24.7. The molecular weight excluding hydrogens is 657 g/mol. The van der Waals surface area contributed by atoms with E-state index < -0.39 is 37.8 Å². The molecule has 41 heavy (non-hydrogen) atoms. The molecule has 0 bridgehead atoms. The molecule has 2 aliphatic heterocycles. The van der Waals surface area contributed by atoms with Crippen LogP contribution < -0.4 is 15.7 Å². The topological polar surface area (TPSA) is 66.4 Å². The minimum atomic E-state index is -2.47. The van der Waals surface area contributed by atoms with Crippen molar-refractivity contribution >= 4 is 47.8 Å². The van der Waals surface area contributed by atoms with Crippen LogP contribution >= 0.6 is 22.6 Å². The molecule has 0 spiro atoms. The average Bonchev–Trinajstić information content (AvgIpc) is 3.23. The summed E-state index contributed by atoms with van der Waals surface area (Å²) in [5, 5.41) is 9.22. The molecule has 2 fully saturated rings. The lowest BCUT2D eigenvalue weighted by molar-refractivity contribution is 0.00578. The van der Waals surface area contributed by atoms with Gasteiger partial charge in [-0.3, -0.25) is 0 Å². The van der Waals surface area contributed by atoms with Crippen molar-refractivity contribution in [2.24, 2.45) is 0 Å². The van der Waals surface area contributed by atoms with Crippen LogP contribution in [0.5, 0.6) is 11.5 Å². The molecule has 2 aromatic rings. The molecule has 0 aromatic heterocycles. The lowest BCUT2D eigenvalue weighted by Gasteiger charge is -2.32. The van der Waals surface area contributed by atoms with Crippen LogP contribution in [0.3, 0.4) is 0 Å². The largest absolute Gasteiger partial charge is 0.508 e. The van der Waals surface area contributed by atoms with Crippen molar-refractivity contribution in [3.63, 3.8) is 0 Å². The Balaban J connectivity index is 0.000000251. The molecule has 0 atom stereocenters. The summed E-state index contributed by atoms with van der Waals surface area (Å²) in [5.74, 6) is 0.658. The number of benzene rings is 2. The zero-order chi connectivity index (χ0) is 31.2. The highest BCUT2D eigenvalue weighted by Gasteiger charge is 2.52. The van der Waals surface area contributed by atoms with Gasteiger partial charge in [0.25, 0.3) is 6.43 Å². The van der Waals surface area contributed by atoms with E-state index in [1.165, 1.54) is 0 Å². The first kappa shape index (κ1) is 35.7. The summed E-state index contributed by atoms with van der Waals surface area (Å²) in [6.45, 7) is 15.4. The Labute approximate surface area is 254 Å². The Morgan fingerprint density at radius 1 is 0.659 bits per heavy atom. The Bertz CT molecular complexity index is 1050. The molecule has 2 saturated heterocycles. The summed E-state index contributed by atoms with van der Waals surface area (Å²) >= 11 is 1.63. The minimum absolute atomic E-state index is 0.0578. The Morgan fingerprint density at radius 3 is 1.27 bits per heavy atom. The molecular formula is C28H39B2F4IO6. The van der Waals surface area contributed by atoms with Crippen LogP contribution in [-0.2, 0) is 18.6 Å². The Hall–Kier alpha value is -1.54. The van der Waals surface area contributed by atoms with Crippen LogP contribution in [0.25, 0.3) is 0 Å². The number of rotatable bonds is 6. The first-order valence-corrected chi connectivity index (χ1v) is 14.7. The van der Waals surface area contributed by atoms with Gasteiger partial charge < -0.3 is 28.5 Å². The van der Waals surface area contributed by atoms with Gasteiger partial charge in [-0.05, 0) is 90.6 Å². The molecule has 0 aliphatic carbocycles. The van der Waals surface area contributed by atoms with Gasteiger partial charge in [0.05, 0.1) is 26.8 Å². The smallest absolute Gasteiger partial charge is 0.494 e. The first-order chi connectivity index (χ1) is 18.8. The molecule has 2 aliphatic rings. The normalized spacial score (nSPS) is 19.9. The fourth-order valence-electron chi connectivity index (χ4n) is 3.47. The lowest BCUT2D eigenvalue weighted by Crippen LogP contribution is -2.41. The van der Waals surface area contributed by atoms with Gasteiger partial charge in [0.1, 0.15) is 18.1 Å². The van der Waals surface area contributed by atoms with Crippen LogP contribution in [0, 0.1) is 0 Å². The van der Waals surface area contributed by atoms with Gasteiger partial charge in [-0.25, -0.2) is 17.6 Å². The summed E-state index contributed by atoms with van der Waals surface area (Å²) in [6.07, 6.45) is -4.60. The van der Waals surface area contributed by atoms with Crippen LogP contribution in [0.4, 0.5) is 17.6 Å². The van der Waals surface area contributed by atoms with Crippen LogP contribution in [0.15, 0.2) is 48.5 Å². The van der Waals surface area contributed by atoms with E-state index in [2.05, 4.69) is 0 Å². The van der Waals surface area contributed by atoms with E-state index in [4.69, 9.17) is 23.4 Å². The molecule has 0 unspecified atom stereocenters. The quantitative estimate of drug-likeness (QED) is 0.173. The highest BCUT2D eigenvalue weighted by molar-refractivity contribution is 14.1. The van der Waals surface area contributed by atoms with Gasteiger partial charge in [-0.2, -0.15) is 0 Å². The van der Waals surface area contributed by atoms with E-state index in [9.17, 15) is 22.7 Å². The van der Waals surface area contributed by atoms with Gasteiger partial charge in [0.2, 0.25) is 6.43 Å². The molecule has 0 saturated carbocycles. The van der Waals surface area contributed by atoms with E-state index in [0.29, 0.717) is 5.75 Å². The fourth-order valence-corrected chi connectivity index (χ4v) is 3.47. The van der Waals surface area contributed by atoms with Gasteiger partial charge in [-0.15, -0.1) is 0 Å². The third-order valence-corrected chi connectivity index (χ3v) is 7.98. The number of hydrogen-bond acceptors (Lipinski definition) is 6. The summed E-state index contributed by atoms with van der Waals surface area (Å²) in [5.41, 5.74) is 0.320. The Kier molecular flexibility index (Phi) is 12.4. The third kappa shape index (κ3) is 10.0. The fraction of sp³-hybridized carbons (Fsp3) is 0.571. The van der Waals surface area contributed by atoms with Gasteiger partial charge in [0.15, 0.2) is 0 Å². The van der Waals surface area contributed by atoms with Crippen LogP contribution in [0.2, 0.25) is 0 Å². The maximum atomic E-state index is 12.1. The maximum absolute atomic E-state index is 12.1. The highest BCUT2D eigenvalue weighted by atomic mass is 127. The number of ether oxygens (including phenoxy) is 1. The molecule has 2 heterocycles. The van der Waals surface area contributed by atoms with Gasteiger partial charge in [-0.1, -0.05) is 46.9 Å². The average molecular weight is 696 g/mol. The van der Waals surface area contributed by atoms with Gasteiger partial charge in [0, 0.05) is 0 Å². The van der Waals surface area contributed by atoms with E-state index in [-0.39, 0.29) is 28.5 Å². The van der Waals surface area contributed by atoms with Crippen molar-refractivity contribution in [2.75, 3.05) is 11.0 Å². The SMILES string of the molecule is CC1(C)OB(c2ccc(O)cc2)OC1(C)C.CC1(C)OB(c2ccc(OCC(F)F)cc2)OC1(C)C.FC(F)CI. The van der Waals surface area contributed by atoms with E-state index >= 15 is 0 Å². The van der Waals surface area contributed by atoms with E-state index in [1.54, 1.807) is 59.0 Å². The summed E-state index contributed by atoms with van der Waals surface area (Å²) in [4.78, 5) is 0. The third-order valence-electron chi connectivity index (χ3n) is 7.32. The highest BCUT2D eigenvalue weighted by Crippen LogP contribution is 2.37. The van der Waals surface area contributed by atoms with Crippen molar-refractivity contribution in [3.8, 4) is 11.5 Å². The first-order valence-electron chi connectivity index (χ1n) is 13.2. The van der Waals surface area contributed by atoms with Crippen molar-refractivity contribution < 1.29 is 46.0 Å². The minimum Gasteiger partial charge on any atom is -0.508 e. The molecule has 6 nitrogen and oxygen atoms in total. The predicted octanol–water partition coefficient (Wildman–Crippen LogP) is 6.01. The summed E-state index contributed by atoms with van der Waals surface area (Å²) in [7, 11) is -0.810. The van der Waals surface area contributed by atoms with Crippen molar-refractivity contribution in [1.29, 1.82) is 0 Å². The van der Waals surface area contributed by atoms with Gasteiger partial charge >= 0.3 is 14.2 Å². The predicted molar refractivity (Wildman–Crippen MR) is 162 cm³/mol. The molecule has 4 rings (SSSR count). The summed E-state index contributed by atoms with van der Waals surface area (Å²) < 4.78 is 74.1. The molecule has 0 radical (unpaired) electrons. The maximum Gasteiger partial charge on any atom is 0.494 e. The number of phenols is 1. The number of hydrogen-bond donors (Lipinski definition) is 1. The van der Waals surface area contributed by atoms with Crippen LogP contribution in [-0.4, -0.2) is 65.6 Å². The van der Waals surface area contributed by atoms with E-state index in [0.717, 1.165) is 10.9 Å². The number of alkyl halides is 5. The zero-order valence-corrected chi connectivity index (χ0v) is 26.9. The molecule has 228 valence electrons. The van der Waals surface area contributed by atoms with Crippen molar-refractivity contribution in [2.45, 2.75) is 90.6 Å². The second kappa shape index (κ2) is 14.3. The standard InChI is InChI=1S/C14H19BF2O3.C12H17BO3.C2H3F2I/c1-13(2)14(3,4)20-15(19-13)10-5-7-11(8-6-10)18-9-12(16)17;1-11(2)12(3,4)16-13(15-11)9-5-7-10(14)8-6-9;3-2(4)1-5/h5-8,12H,9H2,1-4H3;5-8,14H,1-4H3;2H,1H2. The molecule has 2 aromatic carbocycles. The second-order valence-electron chi connectivity index (χ2n) is 11.6. The number of phenolic OH excluding ortho intramolecular Hbond substituents is 1. The number of aromatic hydroxyl groups is 1. The molecule has 0 amide bonds. The van der Waals surface area contributed by atoms with Crippen LogP contribution in [0.1, 0.15) is 55.4 Å². The van der Waals surface area contributed by atoms with Crippen molar-refractivity contribution in [3.05, 3.63) is 48.5 Å². The molecule has 13 heteroatoms. The lowest BCUT2D eigenvalue weighted by atomic mass is 9.79.